The Balaban J connectivity index is 1.83. The summed E-state index contributed by atoms with van der Waals surface area (Å²) in [5.41, 5.74) is 4.17. The fourth-order valence-corrected chi connectivity index (χ4v) is 3.26. The number of nitrogens with zero attached hydrogens (tertiary/aromatic N) is 1. The molecule has 0 fully saturated rings. The molecular weight excluding hydrogens is 298 g/mol. The monoisotopic (exact) mass is 329 g/mol. The molecule has 2 rings (SSSR count). The molecule has 1 unspecified atom stereocenters. The number of rotatable bonds is 8. The maximum Gasteiger partial charge on any atom is 0.160 e. The zero-order valence-corrected chi connectivity index (χ0v) is 15.6. The fraction of sp³-hybridized carbons (Fsp3) is 0.524. The number of ether oxygens (including phenoxy) is 2. The normalized spacial score (nSPS) is 17.5. The van der Waals surface area contributed by atoms with Crippen molar-refractivity contribution in [1.82, 2.24) is 4.90 Å². The quantitative estimate of drug-likeness (QED) is 0.656. The Hall–Kier alpha value is -1.74. The van der Waals surface area contributed by atoms with Crippen LogP contribution in [0.1, 0.15) is 31.7 Å². The van der Waals surface area contributed by atoms with Crippen molar-refractivity contribution in [2.45, 2.75) is 32.6 Å². The first kappa shape index (κ1) is 18.6. The van der Waals surface area contributed by atoms with Gasteiger partial charge in [-0.25, -0.2) is 0 Å². The molecule has 0 spiro atoms. The molecular formula is C21H31NO2. The van der Waals surface area contributed by atoms with E-state index in [2.05, 4.69) is 43.7 Å². The maximum atomic E-state index is 5.38. The number of likely N-dealkylation sites (N-methyl/N-ethyl adjacent to an activating group) is 1. The van der Waals surface area contributed by atoms with Crippen LogP contribution in [0.25, 0.3) is 0 Å². The number of benzene rings is 1. The van der Waals surface area contributed by atoms with E-state index in [1.54, 1.807) is 19.8 Å². The van der Waals surface area contributed by atoms with Crippen LogP contribution in [0.3, 0.4) is 0 Å². The predicted molar refractivity (Wildman–Crippen MR) is 101 cm³/mol. The zero-order chi connectivity index (χ0) is 17.5. The van der Waals surface area contributed by atoms with Crippen LogP contribution in [-0.2, 0) is 6.42 Å². The van der Waals surface area contributed by atoms with Gasteiger partial charge in [-0.3, -0.25) is 0 Å². The van der Waals surface area contributed by atoms with E-state index in [9.17, 15) is 0 Å². The standard InChI is InChI=1S/C21H31NO2/c1-16(2)19-9-6-18(7-10-19)15-22(3)13-12-17-8-11-20(23-4)21(14-17)24-5/h6,8,11,14,19H,1,7,9-10,12-13,15H2,2-5H3. The van der Waals surface area contributed by atoms with E-state index in [0.717, 1.165) is 37.4 Å². The van der Waals surface area contributed by atoms with Crippen molar-refractivity contribution in [3.63, 3.8) is 0 Å². The Morgan fingerprint density at radius 3 is 2.58 bits per heavy atom. The molecule has 3 heteroatoms. The van der Waals surface area contributed by atoms with Crippen molar-refractivity contribution in [2.75, 3.05) is 34.4 Å². The van der Waals surface area contributed by atoms with Gasteiger partial charge in [-0.05, 0) is 63.3 Å². The highest BCUT2D eigenvalue weighted by Gasteiger charge is 2.15. The summed E-state index contributed by atoms with van der Waals surface area (Å²) in [6, 6.07) is 6.17. The van der Waals surface area contributed by atoms with Crippen LogP contribution in [0.2, 0.25) is 0 Å². The zero-order valence-electron chi connectivity index (χ0n) is 15.6. The second kappa shape index (κ2) is 8.93. The molecule has 0 saturated carbocycles. The molecule has 0 bridgehead atoms. The van der Waals surface area contributed by atoms with Crippen molar-refractivity contribution >= 4 is 0 Å². The Bertz CT molecular complexity index is 592. The molecule has 1 aliphatic rings. The summed E-state index contributed by atoms with van der Waals surface area (Å²) < 4.78 is 10.7. The van der Waals surface area contributed by atoms with Crippen LogP contribution >= 0.6 is 0 Å². The molecule has 3 nitrogen and oxygen atoms in total. The van der Waals surface area contributed by atoms with Crippen molar-refractivity contribution in [3.8, 4) is 11.5 Å². The lowest BCUT2D eigenvalue weighted by atomic mass is 9.85. The highest BCUT2D eigenvalue weighted by Crippen LogP contribution is 2.29. The largest absolute Gasteiger partial charge is 0.493 e. The van der Waals surface area contributed by atoms with Crippen molar-refractivity contribution in [2.24, 2.45) is 5.92 Å². The van der Waals surface area contributed by atoms with Crippen LogP contribution in [0.5, 0.6) is 11.5 Å². The minimum atomic E-state index is 0.686. The third-order valence-electron chi connectivity index (χ3n) is 4.91. The molecule has 0 aliphatic heterocycles. The Morgan fingerprint density at radius 1 is 1.25 bits per heavy atom. The van der Waals surface area contributed by atoms with Gasteiger partial charge in [-0.15, -0.1) is 0 Å². The summed E-state index contributed by atoms with van der Waals surface area (Å²) in [6.07, 6.45) is 7.06. The minimum Gasteiger partial charge on any atom is -0.493 e. The van der Waals surface area contributed by atoms with E-state index >= 15 is 0 Å². The molecule has 132 valence electrons. The van der Waals surface area contributed by atoms with E-state index in [4.69, 9.17) is 9.47 Å². The second-order valence-corrected chi connectivity index (χ2v) is 6.86. The number of hydrogen-bond donors (Lipinski definition) is 0. The third kappa shape index (κ3) is 5.13. The predicted octanol–water partition coefficient (Wildman–Crippen LogP) is 4.48. The van der Waals surface area contributed by atoms with E-state index in [1.165, 1.54) is 24.0 Å². The Morgan fingerprint density at radius 2 is 2.00 bits per heavy atom. The highest BCUT2D eigenvalue weighted by molar-refractivity contribution is 5.42. The molecule has 1 aliphatic carbocycles. The highest BCUT2D eigenvalue weighted by atomic mass is 16.5. The average Bonchev–Trinajstić information content (AvgIpc) is 2.60. The fourth-order valence-electron chi connectivity index (χ4n) is 3.26. The summed E-state index contributed by atoms with van der Waals surface area (Å²) in [5, 5.41) is 0. The van der Waals surface area contributed by atoms with Crippen molar-refractivity contribution in [3.05, 3.63) is 47.6 Å². The van der Waals surface area contributed by atoms with Gasteiger partial charge < -0.3 is 14.4 Å². The van der Waals surface area contributed by atoms with Gasteiger partial charge in [0.05, 0.1) is 14.2 Å². The second-order valence-electron chi connectivity index (χ2n) is 6.86. The van der Waals surface area contributed by atoms with Crippen LogP contribution in [0.15, 0.2) is 42.0 Å². The Kier molecular flexibility index (Phi) is 6.92. The lowest BCUT2D eigenvalue weighted by molar-refractivity contribution is 0.349. The van der Waals surface area contributed by atoms with E-state index in [0.29, 0.717) is 5.92 Å². The lowest BCUT2D eigenvalue weighted by Crippen LogP contribution is -2.25. The van der Waals surface area contributed by atoms with Crippen LogP contribution in [0, 0.1) is 5.92 Å². The van der Waals surface area contributed by atoms with Gasteiger partial charge in [0.2, 0.25) is 0 Å². The van der Waals surface area contributed by atoms with E-state index in [-0.39, 0.29) is 0 Å². The first-order chi connectivity index (χ1) is 11.5. The van der Waals surface area contributed by atoms with E-state index < -0.39 is 0 Å². The molecule has 0 amide bonds. The van der Waals surface area contributed by atoms with Gasteiger partial charge in [0, 0.05) is 13.1 Å². The summed E-state index contributed by atoms with van der Waals surface area (Å²) in [6.45, 7) is 8.35. The number of allylic oxidation sites excluding steroid dienone is 2. The lowest BCUT2D eigenvalue weighted by Gasteiger charge is -2.25. The van der Waals surface area contributed by atoms with E-state index in [1.807, 2.05) is 6.07 Å². The molecule has 0 radical (unpaired) electrons. The first-order valence-electron chi connectivity index (χ1n) is 8.76. The summed E-state index contributed by atoms with van der Waals surface area (Å²) in [4.78, 5) is 2.41. The smallest absolute Gasteiger partial charge is 0.160 e. The van der Waals surface area contributed by atoms with Crippen LogP contribution in [0.4, 0.5) is 0 Å². The maximum absolute atomic E-state index is 5.38. The number of methoxy groups -OCH3 is 2. The molecule has 0 saturated heterocycles. The summed E-state index contributed by atoms with van der Waals surface area (Å²) in [7, 11) is 5.55. The molecule has 1 aromatic carbocycles. The number of hydrogen-bond acceptors (Lipinski definition) is 3. The van der Waals surface area contributed by atoms with Gasteiger partial charge in [-0.2, -0.15) is 0 Å². The average molecular weight is 329 g/mol. The molecule has 24 heavy (non-hydrogen) atoms. The molecule has 0 aromatic heterocycles. The minimum absolute atomic E-state index is 0.686. The van der Waals surface area contributed by atoms with Gasteiger partial charge in [-0.1, -0.05) is 29.9 Å². The summed E-state index contributed by atoms with van der Waals surface area (Å²) in [5.74, 6) is 2.28. The topological polar surface area (TPSA) is 21.7 Å². The third-order valence-corrected chi connectivity index (χ3v) is 4.91. The van der Waals surface area contributed by atoms with Crippen molar-refractivity contribution in [1.29, 1.82) is 0 Å². The SMILES string of the molecule is C=C(C)C1CC=C(CN(C)CCc2ccc(OC)c(OC)c2)CC1. The van der Waals surface area contributed by atoms with Gasteiger partial charge in [0.1, 0.15) is 0 Å². The first-order valence-corrected chi connectivity index (χ1v) is 8.76. The van der Waals surface area contributed by atoms with Gasteiger partial charge >= 0.3 is 0 Å². The molecule has 0 N–H and O–H groups in total. The van der Waals surface area contributed by atoms with Gasteiger partial charge in [0.15, 0.2) is 11.5 Å². The van der Waals surface area contributed by atoms with Crippen molar-refractivity contribution < 1.29 is 9.47 Å². The molecule has 0 heterocycles. The van der Waals surface area contributed by atoms with Crippen LogP contribution in [-0.4, -0.2) is 39.3 Å². The molecule has 1 aromatic rings. The van der Waals surface area contributed by atoms with Crippen LogP contribution < -0.4 is 9.47 Å². The summed E-state index contributed by atoms with van der Waals surface area (Å²) >= 11 is 0. The van der Waals surface area contributed by atoms with Gasteiger partial charge in [0.25, 0.3) is 0 Å². The Labute approximate surface area is 147 Å². The molecule has 1 atom stereocenters.